The number of fused-ring (bicyclic) bond motifs is 11. The van der Waals surface area contributed by atoms with Crippen molar-refractivity contribution in [1.29, 1.82) is 0 Å². The molecule has 214 valence electrons. The summed E-state index contributed by atoms with van der Waals surface area (Å²) in [6.07, 6.45) is 3.79. The Hall–Kier alpha value is -6.33. The van der Waals surface area contributed by atoms with E-state index in [1.54, 1.807) is 0 Å². The quantitative estimate of drug-likeness (QED) is 0.206. The van der Waals surface area contributed by atoms with Crippen molar-refractivity contribution in [3.05, 3.63) is 146 Å². The van der Waals surface area contributed by atoms with Gasteiger partial charge in [0.05, 0.1) is 27.6 Å². The number of aromatic nitrogens is 4. The molecule has 0 atom stereocenters. The Morgan fingerprint density at radius 1 is 0.543 bits per heavy atom. The molecule has 0 amide bonds. The second kappa shape index (κ2) is 9.58. The predicted octanol–water partition coefficient (Wildman–Crippen LogP) is 10.5. The van der Waals surface area contributed by atoms with Crippen molar-refractivity contribution in [3.63, 3.8) is 0 Å². The summed E-state index contributed by atoms with van der Waals surface area (Å²) in [5, 5.41) is 7.66. The third-order valence-corrected chi connectivity index (χ3v) is 9.06. The molecule has 4 heterocycles. The Kier molecular flexibility index (Phi) is 5.22. The van der Waals surface area contributed by atoms with Gasteiger partial charge in [-0.05, 0) is 41.8 Å². The number of rotatable bonds is 3. The van der Waals surface area contributed by atoms with Crippen molar-refractivity contribution in [2.75, 3.05) is 0 Å². The number of furan rings is 1. The van der Waals surface area contributed by atoms with Gasteiger partial charge in [-0.15, -0.1) is 0 Å². The van der Waals surface area contributed by atoms with E-state index < -0.39 is 0 Å². The molecule has 0 saturated carbocycles. The van der Waals surface area contributed by atoms with Gasteiger partial charge in [-0.1, -0.05) is 97.1 Å². The summed E-state index contributed by atoms with van der Waals surface area (Å²) >= 11 is 0. The van der Waals surface area contributed by atoms with E-state index in [2.05, 4.69) is 107 Å². The lowest BCUT2D eigenvalue weighted by Crippen LogP contribution is -1.98. The molecule has 4 aromatic heterocycles. The van der Waals surface area contributed by atoms with Crippen LogP contribution in [0.15, 0.2) is 150 Å². The number of hydrogen-bond donors (Lipinski definition) is 0. The molecule has 46 heavy (non-hydrogen) atoms. The van der Waals surface area contributed by atoms with Crippen LogP contribution in [-0.2, 0) is 0 Å². The number of nitrogens with zero attached hydrogens (tertiary/aromatic N) is 4. The van der Waals surface area contributed by atoms with E-state index in [9.17, 15) is 0 Å². The molecule has 5 heteroatoms. The van der Waals surface area contributed by atoms with Gasteiger partial charge in [0, 0.05) is 56.1 Å². The summed E-state index contributed by atoms with van der Waals surface area (Å²) in [6, 6.07) is 46.1. The zero-order valence-electron chi connectivity index (χ0n) is 24.6. The molecule has 5 nitrogen and oxygen atoms in total. The van der Waals surface area contributed by atoms with Crippen molar-refractivity contribution in [3.8, 4) is 28.3 Å². The van der Waals surface area contributed by atoms with Crippen molar-refractivity contribution in [1.82, 2.24) is 19.5 Å². The van der Waals surface area contributed by atoms with Gasteiger partial charge >= 0.3 is 0 Å². The molecular weight excluding hydrogens is 564 g/mol. The minimum Gasteiger partial charge on any atom is -0.455 e. The standard InChI is InChI=1S/C41H24N4O/c1-3-11-25(12-4-1)38-31-23-27(19-20-33(31)43-41(44-38)26-13-5-2-6-14-26)45-34-17-9-7-15-29(34)36-28-21-22-42-24-32(28)40-37(39(36)45)30-16-8-10-18-35(30)46-40/h1-24H. The van der Waals surface area contributed by atoms with Gasteiger partial charge in [0.15, 0.2) is 5.82 Å². The fourth-order valence-electron chi connectivity index (χ4n) is 7.07. The van der Waals surface area contributed by atoms with Gasteiger partial charge in [-0.2, -0.15) is 0 Å². The molecular formula is C41H24N4O. The van der Waals surface area contributed by atoms with E-state index in [1.807, 2.05) is 48.8 Å². The fourth-order valence-corrected chi connectivity index (χ4v) is 7.07. The predicted molar refractivity (Wildman–Crippen MR) is 187 cm³/mol. The first-order valence-corrected chi connectivity index (χ1v) is 15.4. The number of hydrogen-bond acceptors (Lipinski definition) is 4. The van der Waals surface area contributed by atoms with E-state index in [-0.39, 0.29) is 0 Å². The number of pyridine rings is 1. The van der Waals surface area contributed by atoms with Crippen LogP contribution in [0.5, 0.6) is 0 Å². The highest BCUT2D eigenvalue weighted by Crippen LogP contribution is 2.46. The van der Waals surface area contributed by atoms with Crippen molar-refractivity contribution in [2.24, 2.45) is 0 Å². The third kappa shape index (κ3) is 3.54. The minimum absolute atomic E-state index is 0.711. The zero-order valence-corrected chi connectivity index (χ0v) is 24.6. The summed E-state index contributed by atoms with van der Waals surface area (Å²) in [4.78, 5) is 14.7. The Bertz CT molecular complexity index is 2800. The van der Waals surface area contributed by atoms with Gasteiger partial charge < -0.3 is 8.98 Å². The molecule has 0 aliphatic rings. The normalized spacial score (nSPS) is 11.9. The van der Waals surface area contributed by atoms with Crippen LogP contribution in [0.4, 0.5) is 0 Å². The molecule has 0 bridgehead atoms. The van der Waals surface area contributed by atoms with Crippen LogP contribution in [0, 0.1) is 0 Å². The van der Waals surface area contributed by atoms with E-state index in [1.165, 1.54) is 10.8 Å². The van der Waals surface area contributed by atoms with Gasteiger partial charge in [0.25, 0.3) is 0 Å². The lowest BCUT2D eigenvalue weighted by Gasteiger charge is -2.13. The van der Waals surface area contributed by atoms with Crippen molar-refractivity contribution < 1.29 is 4.42 Å². The van der Waals surface area contributed by atoms with E-state index in [0.29, 0.717) is 5.82 Å². The largest absolute Gasteiger partial charge is 0.455 e. The van der Waals surface area contributed by atoms with Crippen LogP contribution in [0.3, 0.4) is 0 Å². The average Bonchev–Trinajstić information content (AvgIpc) is 3.68. The molecule has 0 unspecified atom stereocenters. The Labute approximate surface area is 263 Å². The molecule has 0 aliphatic carbocycles. The maximum Gasteiger partial charge on any atom is 0.160 e. The molecule has 0 aliphatic heterocycles. The van der Waals surface area contributed by atoms with Gasteiger partial charge in [-0.25, -0.2) is 9.97 Å². The van der Waals surface area contributed by atoms with Gasteiger partial charge in [0.1, 0.15) is 11.2 Å². The molecule has 0 radical (unpaired) electrons. The van der Waals surface area contributed by atoms with Crippen LogP contribution in [0.25, 0.3) is 93.8 Å². The molecule has 6 aromatic carbocycles. The van der Waals surface area contributed by atoms with Gasteiger partial charge in [-0.3, -0.25) is 4.98 Å². The zero-order chi connectivity index (χ0) is 30.2. The topological polar surface area (TPSA) is 56.7 Å². The summed E-state index contributed by atoms with van der Waals surface area (Å²) in [5.41, 5.74) is 8.82. The Morgan fingerprint density at radius 3 is 2.13 bits per heavy atom. The summed E-state index contributed by atoms with van der Waals surface area (Å²) in [7, 11) is 0. The Morgan fingerprint density at radius 2 is 1.28 bits per heavy atom. The molecule has 0 N–H and O–H groups in total. The Balaban J connectivity index is 1.37. The first kappa shape index (κ1) is 25.0. The number of para-hydroxylation sites is 2. The summed E-state index contributed by atoms with van der Waals surface area (Å²) in [5.74, 6) is 0.711. The maximum atomic E-state index is 6.59. The average molecular weight is 589 g/mol. The second-order valence-corrected chi connectivity index (χ2v) is 11.6. The van der Waals surface area contributed by atoms with Crippen molar-refractivity contribution >= 4 is 65.4 Å². The molecule has 0 saturated heterocycles. The lowest BCUT2D eigenvalue weighted by molar-refractivity contribution is 0.672. The molecule has 0 fully saturated rings. The summed E-state index contributed by atoms with van der Waals surface area (Å²) in [6.45, 7) is 0. The highest BCUT2D eigenvalue weighted by molar-refractivity contribution is 6.35. The molecule has 10 rings (SSSR count). The van der Waals surface area contributed by atoms with Gasteiger partial charge in [0.2, 0.25) is 0 Å². The highest BCUT2D eigenvalue weighted by atomic mass is 16.3. The third-order valence-electron chi connectivity index (χ3n) is 9.06. The van der Waals surface area contributed by atoms with Crippen LogP contribution in [0.2, 0.25) is 0 Å². The van der Waals surface area contributed by atoms with Crippen LogP contribution >= 0.6 is 0 Å². The van der Waals surface area contributed by atoms with Crippen LogP contribution in [-0.4, -0.2) is 19.5 Å². The smallest absolute Gasteiger partial charge is 0.160 e. The van der Waals surface area contributed by atoms with E-state index >= 15 is 0 Å². The first-order valence-electron chi connectivity index (χ1n) is 15.4. The lowest BCUT2D eigenvalue weighted by atomic mass is 10.0. The van der Waals surface area contributed by atoms with E-state index in [4.69, 9.17) is 14.4 Å². The minimum atomic E-state index is 0.711. The van der Waals surface area contributed by atoms with Crippen LogP contribution < -0.4 is 0 Å². The second-order valence-electron chi connectivity index (χ2n) is 11.6. The van der Waals surface area contributed by atoms with Crippen molar-refractivity contribution in [2.45, 2.75) is 0 Å². The SMILES string of the molecule is c1ccc(-c2nc(-c3ccccc3)c3cc(-n4c5ccccc5c5c6ccncc6c6oc7ccccc7c6c54)ccc3n2)cc1. The maximum absolute atomic E-state index is 6.59. The molecule has 10 aromatic rings. The van der Waals surface area contributed by atoms with Crippen LogP contribution in [0.1, 0.15) is 0 Å². The fraction of sp³-hybridized carbons (Fsp3) is 0. The monoisotopic (exact) mass is 588 g/mol. The molecule has 0 spiro atoms. The highest BCUT2D eigenvalue weighted by Gasteiger charge is 2.23. The van der Waals surface area contributed by atoms with E-state index in [0.717, 1.165) is 77.2 Å². The first-order chi connectivity index (χ1) is 22.8. The number of benzene rings is 6. The summed E-state index contributed by atoms with van der Waals surface area (Å²) < 4.78 is 8.97.